The van der Waals surface area contributed by atoms with E-state index in [4.69, 9.17) is 9.52 Å². The van der Waals surface area contributed by atoms with E-state index in [1.807, 2.05) is 0 Å². The highest BCUT2D eigenvalue weighted by molar-refractivity contribution is 5.05. The first-order valence-electron chi connectivity index (χ1n) is 3.47. The van der Waals surface area contributed by atoms with Gasteiger partial charge in [0.15, 0.2) is 0 Å². The maximum absolute atomic E-state index is 10.5. The van der Waals surface area contributed by atoms with Crippen molar-refractivity contribution in [2.24, 2.45) is 5.92 Å². The maximum Gasteiger partial charge on any atom is 0.434 e. The molecular formula is C6H8N2O3. The molecule has 1 aliphatic carbocycles. The standard InChI is InChI=1S/C6H8N2O3/c9-2-3-1-4(3)5-7-8-6(10)11-5/h3-4,9H,1-2H2,(H,8,10)/t3-,4+/m1/s1. The number of aromatic amines is 1. The highest BCUT2D eigenvalue weighted by Crippen LogP contribution is 2.45. The zero-order valence-corrected chi connectivity index (χ0v) is 5.78. The van der Waals surface area contributed by atoms with E-state index >= 15 is 0 Å². The molecule has 11 heavy (non-hydrogen) atoms. The van der Waals surface area contributed by atoms with Gasteiger partial charge >= 0.3 is 5.76 Å². The molecule has 60 valence electrons. The number of aromatic nitrogens is 2. The molecule has 2 rings (SSSR count). The highest BCUT2D eigenvalue weighted by Gasteiger charge is 2.41. The third-order valence-corrected chi connectivity index (χ3v) is 1.93. The Morgan fingerprint density at radius 2 is 2.64 bits per heavy atom. The SMILES string of the molecule is O=c1[nH]nc([C@H]2C[C@@H]2CO)o1. The molecule has 1 saturated carbocycles. The molecule has 0 saturated heterocycles. The van der Waals surface area contributed by atoms with E-state index in [0.717, 1.165) is 6.42 Å². The Balaban J connectivity index is 2.14. The molecule has 0 bridgehead atoms. The number of nitrogens with zero attached hydrogens (tertiary/aromatic N) is 1. The number of hydrogen-bond acceptors (Lipinski definition) is 4. The summed E-state index contributed by atoms with van der Waals surface area (Å²) >= 11 is 0. The average Bonchev–Trinajstić information content (AvgIpc) is 2.68. The Bertz CT molecular complexity index is 303. The molecule has 5 heteroatoms. The minimum atomic E-state index is -0.524. The molecule has 0 amide bonds. The Hall–Kier alpha value is -1.10. The molecule has 5 nitrogen and oxygen atoms in total. The van der Waals surface area contributed by atoms with Crippen LogP contribution in [-0.4, -0.2) is 21.9 Å². The van der Waals surface area contributed by atoms with Gasteiger partial charge in [-0.05, 0) is 12.3 Å². The van der Waals surface area contributed by atoms with Gasteiger partial charge in [0.1, 0.15) is 0 Å². The Labute approximate surface area is 62.0 Å². The molecule has 1 aromatic heterocycles. The smallest absolute Gasteiger partial charge is 0.396 e. The van der Waals surface area contributed by atoms with Gasteiger partial charge in [-0.3, -0.25) is 0 Å². The van der Waals surface area contributed by atoms with Crippen LogP contribution in [-0.2, 0) is 0 Å². The van der Waals surface area contributed by atoms with Gasteiger partial charge in [-0.1, -0.05) is 0 Å². The first kappa shape index (κ1) is 6.60. The molecule has 1 heterocycles. The molecule has 0 aliphatic heterocycles. The molecule has 0 spiro atoms. The molecular weight excluding hydrogens is 148 g/mol. The predicted molar refractivity (Wildman–Crippen MR) is 35.1 cm³/mol. The van der Waals surface area contributed by atoms with Crippen LogP contribution in [0.2, 0.25) is 0 Å². The van der Waals surface area contributed by atoms with Crippen molar-refractivity contribution in [3.05, 3.63) is 16.4 Å². The second-order valence-corrected chi connectivity index (χ2v) is 2.74. The van der Waals surface area contributed by atoms with Crippen LogP contribution in [0.15, 0.2) is 9.21 Å². The summed E-state index contributed by atoms with van der Waals surface area (Å²) in [7, 11) is 0. The highest BCUT2D eigenvalue weighted by atomic mass is 16.4. The first-order valence-corrected chi connectivity index (χ1v) is 3.47. The fourth-order valence-electron chi connectivity index (χ4n) is 1.15. The lowest BCUT2D eigenvalue weighted by atomic mass is 10.3. The Morgan fingerprint density at radius 3 is 3.09 bits per heavy atom. The van der Waals surface area contributed by atoms with Crippen LogP contribution < -0.4 is 5.76 Å². The topological polar surface area (TPSA) is 79.1 Å². The monoisotopic (exact) mass is 156 g/mol. The summed E-state index contributed by atoms with van der Waals surface area (Å²) in [5, 5.41) is 14.5. The van der Waals surface area contributed by atoms with Crippen molar-refractivity contribution in [3.8, 4) is 0 Å². The molecule has 0 radical (unpaired) electrons. The molecule has 1 aromatic rings. The van der Waals surface area contributed by atoms with E-state index in [-0.39, 0.29) is 18.4 Å². The van der Waals surface area contributed by atoms with Crippen LogP contribution in [0, 0.1) is 5.92 Å². The van der Waals surface area contributed by atoms with E-state index in [9.17, 15) is 4.79 Å². The molecule has 1 fully saturated rings. The van der Waals surface area contributed by atoms with Gasteiger partial charge in [0.2, 0.25) is 5.89 Å². The summed E-state index contributed by atoms with van der Waals surface area (Å²) in [5.74, 6) is 0.290. The quantitative estimate of drug-likeness (QED) is 0.602. The van der Waals surface area contributed by atoms with E-state index in [0.29, 0.717) is 5.89 Å². The summed E-state index contributed by atoms with van der Waals surface area (Å²) in [6, 6.07) is 0. The van der Waals surface area contributed by atoms with E-state index in [2.05, 4.69) is 10.2 Å². The summed E-state index contributed by atoms with van der Waals surface area (Å²) < 4.78 is 4.71. The van der Waals surface area contributed by atoms with Crippen molar-refractivity contribution in [2.75, 3.05) is 6.61 Å². The van der Waals surface area contributed by atoms with Gasteiger partial charge in [0, 0.05) is 12.5 Å². The molecule has 2 atom stereocenters. The second-order valence-electron chi connectivity index (χ2n) is 2.74. The van der Waals surface area contributed by atoms with Crippen LogP contribution in [0.3, 0.4) is 0 Å². The summed E-state index contributed by atoms with van der Waals surface area (Å²) in [5.41, 5.74) is 0. The Morgan fingerprint density at radius 1 is 1.82 bits per heavy atom. The third-order valence-electron chi connectivity index (χ3n) is 1.93. The lowest BCUT2D eigenvalue weighted by molar-refractivity contribution is 0.270. The third kappa shape index (κ3) is 1.07. The van der Waals surface area contributed by atoms with Crippen molar-refractivity contribution in [3.63, 3.8) is 0 Å². The number of rotatable bonds is 2. The van der Waals surface area contributed by atoms with Gasteiger partial charge in [0.25, 0.3) is 0 Å². The van der Waals surface area contributed by atoms with Gasteiger partial charge in [0.05, 0.1) is 0 Å². The molecule has 2 N–H and O–H groups in total. The van der Waals surface area contributed by atoms with Crippen LogP contribution in [0.1, 0.15) is 18.2 Å². The average molecular weight is 156 g/mol. The van der Waals surface area contributed by atoms with E-state index in [1.165, 1.54) is 0 Å². The number of hydrogen-bond donors (Lipinski definition) is 2. The van der Waals surface area contributed by atoms with Gasteiger partial charge in [-0.15, -0.1) is 5.10 Å². The normalized spacial score (nSPS) is 28.8. The van der Waals surface area contributed by atoms with Gasteiger partial charge in [-0.2, -0.15) is 0 Å². The summed E-state index contributed by atoms with van der Waals surface area (Å²) in [4.78, 5) is 10.5. The number of aliphatic hydroxyl groups is 1. The summed E-state index contributed by atoms with van der Waals surface area (Å²) in [6.07, 6.45) is 0.865. The van der Waals surface area contributed by atoms with Crippen LogP contribution in [0.4, 0.5) is 0 Å². The zero-order valence-electron chi connectivity index (χ0n) is 5.78. The number of H-pyrrole nitrogens is 1. The van der Waals surface area contributed by atoms with Gasteiger partial charge < -0.3 is 9.52 Å². The fraction of sp³-hybridized carbons (Fsp3) is 0.667. The van der Waals surface area contributed by atoms with Crippen molar-refractivity contribution in [2.45, 2.75) is 12.3 Å². The predicted octanol–water partition coefficient (Wildman–Crippen LogP) is -0.541. The fourth-order valence-corrected chi connectivity index (χ4v) is 1.15. The second kappa shape index (κ2) is 2.20. The Kier molecular flexibility index (Phi) is 1.32. The summed E-state index contributed by atoms with van der Waals surface area (Å²) in [6.45, 7) is 0.140. The largest absolute Gasteiger partial charge is 0.434 e. The minimum absolute atomic E-state index is 0.140. The first-order chi connectivity index (χ1) is 5.31. The number of aliphatic hydroxyl groups excluding tert-OH is 1. The lowest BCUT2D eigenvalue weighted by Crippen LogP contribution is -1.93. The van der Waals surface area contributed by atoms with Gasteiger partial charge in [-0.25, -0.2) is 9.89 Å². The molecule has 0 aromatic carbocycles. The van der Waals surface area contributed by atoms with Crippen molar-refractivity contribution in [1.82, 2.24) is 10.2 Å². The van der Waals surface area contributed by atoms with Crippen LogP contribution >= 0.6 is 0 Å². The zero-order chi connectivity index (χ0) is 7.84. The molecule has 0 unspecified atom stereocenters. The van der Waals surface area contributed by atoms with Crippen molar-refractivity contribution in [1.29, 1.82) is 0 Å². The molecule has 1 aliphatic rings. The maximum atomic E-state index is 10.5. The van der Waals surface area contributed by atoms with Crippen LogP contribution in [0.5, 0.6) is 0 Å². The lowest BCUT2D eigenvalue weighted by Gasteiger charge is -1.86. The van der Waals surface area contributed by atoms with Crippen molar-refractivity contribution >= 4 is 0 Å². The number of nitrogens with one attached hydrogen (secondary N) is 1. The minimum Gasteiger partial charge on any atom is -0.396 e. The van der Waals surface area contributed by atoms with Crippen LogP contribution in [0.25, 0.3) is 0 Å². The van der Waals surface area contributed by atoms with E-state index < -0.39 is 5.76 Å². The van der Waals surface area contributed by atoms with E-state index in [1.54, 1.807) is 0 Å². The van der Waals surface area contributed by atoms with Crippen molar-refractivity contribution < 1.29 is 9.52 Å².